The van der Waals surface area contributed by atoms with E-state index in [1.54, 1.807) is 30.5 Å². The Morgan fingerprint density at radius 3 is 2.83 bits per heavy atom. The Bertz CT molecular complexity index is 1450. The maximum Gasteiger partial charge on any atom is 0.259 e. The SMILES string of the molecule is CC#CCNC1CC(n2nc(-c3ccc(C(=O)Nc4ccccn4)c(F)c3)c3c(N)ncnc32)C1. The lowest BCUT2D eigenvalue weighted by Gasteiger charge is -2.35. The molecule has 4 aromatic rings. The smallest absolute Gasteiger partial charge is 0.259 e. The minimum absolute atomic E-state index is 0.101. The van der Waals surface area contributed by atoms with Crippen molar-refractivity contribution in [3.63, 3.8) is 0 Å². The van der Waals surface area contributed by atoms with E-state index in [-0.39, 0.29) is 17.4 Å². The Morgan fingerprint density at radius 1 is 1.23 bits per heavy atom. The molecule has 176 valence electrons. The van der Waals surface area contributed by atoms with Gasteiger partial charge in [-0.3, -0.25) is 4.79 Å². The molecule has 0 unspecified atom stereocenters. The molecule has 1 aromatic carbocycles. The van der Waals surface area contributed by atoms with E-state index in [2.05, 4.69) is 37.4 Å². The van der Waals surface area contributed by atoms with Crippen molar-refractivity contribution in [3.8, 4) is 23.1 Å². The van der Waals surface area contributed by atoms with Crippen LogP contribution in [0.25, 0.3) is 22.3 Å². The minimum atomic E-state index is -0.681. The third-order valence-corrected chi connectivity index (χ3v) is 6.03. The first-order valence-electron chi connectivity index (χ1n) is 11.2. The summed E-state index contributed by atoms with van der Waals surface area (Å²) in [7, 11) is 0. The largest absolute Gasteiger partial charge is 0.383 e. The van der Waals surface area contributed by atoms with Gasteiger partial charge in [-0.05, 0) is 44.0 Å². The predicted octanol–water partition coefficient (Wildman–Crippen LogP) is 3.18. The van der Waals surface area contributed by atoms with Crippen molar-refractivity contribution in [1.82, 2.24) is 30.0 Å². The number of carbonyl (C=O) groups is 1. The number of amides is 1. The molecule has 3 aromatic heterocycles. The van der Waals surface area contributed by atoms with Gasteiger partial charge >= 0.3 is 0 Å². The van der Waals surface area contributed by atoms with Gasteiger partial charge in [-0.25, -0.2) is 24.0 Å². The number of benzene rings is 1. The highest BCUT2D eigenvalue weighted by Crippen LogP contribution is 2.38. The Kier molecular flexibility index (Phi) is 6.08. The van der Waals surface area contributed by atoms with Crippen LogP contribution < -0.4 is 16.4 Å². The fourth-order valence-electron chi connectivity index (χ4n) is 4.16. The number of nitrogens with two attached hydrogens (primary N) is 1. The lowest BCUT2D eigenvalue weighted by Crippen LogP contribution is -2.42. The molecule has 9 nitrogen and oxygen atoms in total. The number of hydrogen-bond donors (Lipinski definition) is 3. The maximum atomic E-state index is 15.0. The highest BCUT2D eigenvalue weighted by Gasteiger charge is 2.33. The standard InChI is InChI=1S/C25H23FN8O/c1-2-3-9-28-16-12-17(13-16)34-24-21(23(27)30-14-31-24)22(33-34)15-7-8-18(19(26)11-15)25(35)32-20-6-4-5-10-29-20/h4-8,10-11,14,16-17,28H,9,12-13H2,1H3,(H2,27,30,31)(H,29,32,35). The van der Waals surface area contributed by atoms with Gasteiger partial charge in [0.05, 0.1) is 23.5 Å². The van der Waals surface area contributed by atoms with Crippen LogP contribution in [0, 0.1) is 17.7 Å². The topological polar surface area (TPSA) is 124 Å². The van der Waals surface area contributed by atoms with Gasteiger partial charge in [0, 0.05) is 17.8 Å². The van der Waals surface area contributed by atoms with E-state index in [4.69, 9.17) is 10.8 Å². The number of fused-ring (bicyclic) bond motifs is 1. The summed E-state index contributed by atoms with van der Waals surface area (Å²) in [6.07, 6.45) is 4.68. The average molecular weight is 471 g/mol. The summed E-state index contributed by atoms with van der Waals surface area (Å²) in [6, 6.07) is 9.90. The molecule has 0 saturated heterocycles. The number of nitrogens with zero attached hydrogens (tertiary/aromatic N) is 5. The minimum Gasteiger partial charge on any atom is -0.383 e. The molecule has 0 atom stereocenters. The molecule has 4 N–H and O–H groups in total. The highest BCUT2D eigenvalue weighted by atomic mass is 19.1. The van der Waals surface area contributed by atoms with Crippen LogP contribution in [-0.4, -0.2) is 43.2 Å². The number of hydrogen-bond acceptors (Lipinski definition) is 7. The van der Waals surface area contributed by atoms with Crippen LogP contribution in [-0.2, 0) is 0 Å². The summed E-state index contributed by atoms with van der Waals surface area (Å²) in [5, 5.41) is 11.3. The maximum absolute atomic E-state index is 15.0. The first-order chi connectivity index (χ1) is 17.0. The number of anilines is 2. The van der Waals surface area contributed by atoms with E-state index in [0.717, 1.165) is 12.8 Å². The zero-order chi connectivity index (χ0) is 24.4. The van der Waals surface area contributed by atoms with E-state index in [9.17, 15) is 4.79 Å². The number of nitrogens with one attached hydrogen (secondary N) is 2. The van der Waals surface area contributed by atoms with Crippen LogP contribution in [0.3, 0.4) is 0 Å². The molecule has 1 saturated carbocycles. The summed E-state index contributed by atoms with van der Waals surface area (Å²) in [5.74, 6) is 5.21. The third-order valence-electron chi connectivity index (χ3n) is 6.03. The second-order valence-corrected chi connectivity index (χ2v) is 8.24. The highest BCUT2D eigenvalue weighted by molar-refractivity contribution is 6.04. The number of aromatic nitrogens is 5. The number of rotatable bonds is 6. The van der Waals surface area contributed by atoms with Crippen molar-refractivity contribution in [2.24, 2.45) is 0 Å². The normalized spacial score (nSPS) is 16.9. The lowest BCUT2D eigenvalue weighted by molar-refractivity contribution is 0.102. The van der Waals surface area contributed by atoms with Crippen molar-refractivity contribution in [2.75, 3.05) is 17.6 Å². The van der Waals surface area contributed by atoms with Gasteiger partial charge in [0.15, 0.2) is 5.65 Å². The molecule has 1 aliphatic rings. The van der Waals surface area contributed by atoms with Crippen molar-refractivity contribution >= 4 is 28.6 Å². The Balaban J connectivity index is 1.43. The van der Waals surface area contributed by atoms with Gasteiger partial charge in [0.2, 0.25) is 0 Å². The molecule has 35 heavy (non-hydrogen) atoms. The molecular weight excluding hydrogens is 447 g/mol. The molecule has 1 aliphatic carbocycles. The van der Waals surface area contributed by atoms with E-state index >= 15 is 4.39 Å². The van der Waals surface area contributed by atoms with Gasteiger partial charge in [-0.2, -0.15) is 5.10 Å². The van der Waals surface area contributed by atoms with Crippen molar-refractivity contribution in [1.29, 1.82) is 0 Å². The van der Waals surface area contributed by atoms with Gasteiger partial charge in [0.25, 0.3) is 5.91 Å². The molecule has 0 radical (unpaired) electrons. The zero-order valence-electron chi connectivity index (χ0n) is 19.0. The summed E-state index contributed by atoms with van der Waals surface area (Å²) in [6.45, 7) is 2.46. The van der Waals surface area contributed by atoms with E-state index in [1.807, 2.05) is 11.6 Å². The first kappa shape index (κ1) is 22.4. The Morgan fingerprint density at radius 2 is 2.09 bits per heavy atom. The molecule has 5 rings (SSSR count). The number of carbonyl (C=O) groups excluding carboxylic acids is 1. The quantitative estimate of drug-likeness (QED) is 0.370. The van der Waals surface area contributed by atoms with Crippen LogP contribution in [0.15, 0.2) is 48.9 Å². The number of halogens is 1. The van der Waals surface area contributed by atoms with Crippen LogP contribution in [0.2, 0.25) is 0 Å². The molecular formula is C25H23FN8O. The van der Waals surface area contributed by atoms with Crippen molar-refractivity contribution in [2.45, 2.75) is 31.8 Å². The molecule has 0 aliphatic heterocycles. The zero-order valence-corrected chi connectivity index (χ0v) is 19.0. The van der Waals surface area contributed by atoms with Gasteiger partial charge < -0.3 is 16.4 Å². The monoisotopic (exact) mass is 470 g/mol. The molecule has 10 heteroatoms. The van der Waals surface area contributed by atoms with Crippen LogP contribution >= 0.6 is 0 Å². The van der Waals surface area contributed by atoms with Gasteiger partial charge in [-0.1, -0.05) is 18.1 Å². The number of nitrogen functional groups attached to an aromatic ring is 1. The summed E-state index contributed by atoms with van der Waals surface area (Å²) >= 11 is 0. The molecule has 3 heterocycles. The first-order valence-corrected chi connectivity index (χ1v) is 11.2. The van der Waals surface area contributed by atoms with Gasteiger partial charge in [0.1, 0.15) is 29.5 Å². The second-order valence-electron chi connectivity index (χ2n) is 8.24. The van der Waals surface area contributed by atoms with Crippen LogP contribution in [0.4, 0.5) is 16.0 Å². The lowest BCUT2D eigenvalue weighted by atomic mass is 9.87. The fourth-order valence-corrected chi connectivity index (χ4v) is 4.16. The summed E-state index contributed by atoms with van der Waals surface area (Å²) < 4.78 is 16.9. The molecule has 1 amide bonds. The fraction of sp³-hybridized carbons (Fsp3) is 0.240. The average Bonchev–Trinajstić information content (AvgIpc) is 3.21. The summed E-state index contributed by atoms with van der Waals surface area (Å²) in [5.41, 5.74) is 7.63. The van der Waals surface area contributed by atoms with Gasteiger partial charge in [-0.15, -0.1) is 5.92 Å². The molecule has 0 spiro atoms. The van der Waals surface area contributed by atoms with E-state index in [1.165, 1.54) is 18.5 Å². The van der Waals surface area contributed by atoms with Crippen molar-refractivity contribution in [3.05, 3.63) is 60.3 Å². The van der Waals surface area contributed by atoms with Crippen molar-refractivity contribution < 1.29 is 9.18 Å². The van der Waals surface area contributed by atoms with Crippen LogP contribution in [0.1, 0.15) is 36.2 Å². The predicted molar refractivity (Wildman–Crippen MR) is 131 cm³/mol. The Hall–Kier alpha value is -4.36. The third kappa shape index (κ3) is 4.41. The van der Waals surface area contributed by atoms with E-state index in [0.29, 0.717) is 40.7 Å². The molecule has 0 bridgehead atoms. The molecule has 1 fully saturated rings. The van der Waals surface area contributed by atoms with E-state index < -0.39 is 11.7 Å². The second kappa shape index (κ2) is 9.48. The Labute approximate surface area is 201 Å². The number of pyridine rings is 1. The summed E-state index contributed by atoms with van der Waals surface area (Å²) in [4.78, 5) is 25.1. The van der Waals surface area contributed by atoms with Crippen LogP contribution in [0.5, 0.6) is 0 Å².